The van der Waals surface area contributed by atoms with Crippen LogP contribution in [0.5, 0.6) is 0 Å². The first-order chi connectivity index (χ1) is 7.25. The van der Waals surface area contributed by atoms with Crippen molar-refractivity contribution in [2.24, 2.45) is 0 Å². The van der Waals surface area contributed by atoms with Crippen LogP contribution in [0.3, 0.4) is 0 Å². The van der Waals surface area contributed by atoms with E-state index in [2.05, 4.69) is 15.1 Å². The number of rotatable bonds is 0. The van der Waals surface area contributed by atoms with Crippen molar-refractivity contribution in [1.82, 2.24) is 19.6 Å². The zero-order valence-electron chi connectivity index (χ0n) is 7.64. The molecule has 15 heavy (non-hydrogen) atoms. The molecule has 1 aromatic carbocycles. The van der Waals surface area contributed by atoms with Crippen LogP contribution in [0.25, 0.3) is 16.7 Å². The van der Waals surface area contributed by atoms with Crippen molar-refractivity contribution in [3.05, 3.63) is 34.6 Å². The quantitative estimate of drug-likeness (QED) is 0.542. The summed E-state index contributed by atoms with van der Waals surface area (Å²) in [5.74, 6) is 0.498. The van der Waals surface area contributed by atoms with E-state index in [0.717, 1.165) is 0 Å². The highest BCUT2D eigenvalue weighted by molar-refractivity contribution is 5.79. The number of nitrogens with zero attached hydrogens (tertiary/aromatic N) is 3. The Balaban J connectivity index is 2.69. The maximum atomic E-state index is 11.6. The Labute approximate surface area is 83.4 Å². The molecule has 0 bridgehead atoms. The lowest BCUT2D eigenvalue weighted by molar-refractivity contribution is 0.982. The summed E-state index contributed by atoms with van der Waals surface area (Å²) in [5, 5.41) is 4.56. The predicted molar refractivity (Wildman–Crippen MR) is 55.5 cm³/mol. The third-order valence-electron chi connectivity index (χ3n) is 2.23. The molecular formula is C9H7N5O. The fourth-order valence-electron chi connectivity index (χ4n) is 1.60. The number of H-pyrrole nitrogens is 1. The van der Waals surface area contributed by atoms with Crippen LogP contribution < -0.4 is 11.3 Å². The van der Waals surface area contributed by atoms with Crippen LogP contribution in [0, 0.1) is 0 Å². The number of aromatic amines is 1. The summed E-state index contributed by atoms with van der Waals surface area (Å²) in [7, 11) is 0. The van der Waals surface area contributed by atoms with Crippen LogP contribution in [0.4, 0.5) is 5.95 Å². The zero-order valence-corrected chi connectivity index (χ0v) is 7.64. The van der Waals surface area contributed by atoms with Gasteiger partial charge in [-0.15, -0.1) is 5.10 Å². The summed E-state index contributed by atoms with van der Waals surface area (Å²) < 4.78 is 1.52. The minimum absolute atomic E-state index is 0.141. The first-order valence-corrected chi connectivity index (χ1v) is 4.39. The molecule has 0 spiro atoms. The highest BCUT2D eigenvalue weighted by atomic mass is 16.1. The second kappa shape index (κ2) is 2.57. The molecule has 0 saturated heterocycles. The first-order valence-electron chi connectivity index (χ1n) is 4.39. The van der Waals surface area contributed by atoms with Gasteiger partial charge in [-0.2, -0.15) is 9.50 Å². The number of fused-ring (bicyclic) bond motifs is 3. The minimum atomic E-state index is -0.189. The standard InChI is InChI=1S/C9H7N5O/c10-8-12-9-11-7(15)5-3-1-2-4-6(5)14(9)13-8/h1-4H,(H3,10,11,12,13,15). The average Bonchev–Trinajstić information content (AvgIpc) is 2.59. The molecular weight excluding hydrogens is 194 g/mol. The van der Waals surface area contributed by atoms with Crippen molar-refractivity contribution in [2.75, 3.05) is 5.73 Å². The summed E-state index contributed by atoms with van der Waals surface area (Å²) in [6.07, 6.45) is 0. The highest BCUT2D eigenvalue weighted by Crippen LogP contribution is 2.09. The Morgan fingerprint density at radius 3 is 3.00 bits per heavy atom. The second-order valence-corrected chi connectivity index (χ2v) is 3.18. The predicted octanol–water partition coefficient (Wildman–Crippen LogP) is 0.153. The molecule has 0 aliphatic heterocycles. The topological polar surface area (TPSA) is 89.1 Å². The maximum absolute atomic E-state index is 11.6. The van der Waals surface area contributed by atoms with Gasteiger partial charge < -0.3 is 5.73 Å². The van der Waals surface area contributed by atoms with Crippen LogP contribution in [-0.4, -0.2) is 19.6 Å². The summed E-state index contributed by atoms with van der Waals surface area (Å²) in [6.45, 7) is 0. The Hall–Kier alpha value is -2.37. The van der Waals surface area contributed by atoms with Crippen molar-refractivity contribution < 1.29 is 0 Å². The highest BCUT2D eigenvalue weighted by Gasteiger charge is 2.06. The molecule has 6 nitrogen and oxygen atoms in total. The molecule has 3 rings (SSSR count). The van der Waals surface area contributed by atoms with Gasteiger partial charge in [0, 0.05) is 0 Å². The van der Waals surface area contributed by atoms with Gasteiger partial charge >= 0.3 is 0 Å². The Kier molecular flexibility index (Phi) is 1.37. The summed E-state index contributed by atoms with van der Waals surface area (Å²) in [4.78, 5) is 18.1. The molecule has 2 heterocycles. The van der Waals surface area contributed by atoms with Gasteiger partial charge in [-0.1, -0.05) is 12.1 Å². The van der Waals surface area contributed by atoms with Crippen LogP contribution >= 0.6 is 0 Å². The number of nitrogen functional groups attached to an aromatic ring is 1. The van der Waals surface area contributed by atoms with Crippen molar-refractivity contribution in [3.63, 3.8) is 0 Å². The fourth-order valence-corrected chi connectivity index (χ4v) is 1.60. The molecule has 6 heteroatoms. The van der Waals surface area contributed by atoms with Crippen LogP contribution in [-0.2, 0) is 0 Å². The van der Waals surface area contributed by atoms with Gasteiger partial charge in [-0.05, 0) is 12.1 Å². The largest absolute Gasteiger partial charge is 0.366 e. The van der Waals surface area contributed by atoms with E-state index in [1.54, 1.807) is 18.2 Å². The van der Waals surface area contributed by atoms with Crippen molar-refractivity contribution in [3.8, 4) is 0 Å². The number of aromatic nitrogens is 4. The third-order valence-corrected chi connectivity index (χ3v) is 2.23. The lowest BCUT2D eigenvalue weighted by atomic mass is 10.2. The van der Waals surface area contributed by atoms with E-state index in [-0.39, 0.29) is 11.5 Å². The summed E-state index contributed by atoms with van der Waals surface area (Å²) in [5.41, 5.74) is 5.97. The first kappa shape index (κ1) is 7.98. The molecule has 0 atom stereocenters. The van der Waals surface area contributed by atoms with Gasteiger partial charge in [-0.25, -0.2) is 0 Å². The molecule has 0 saturated carbocycles. The second-order valence-electron chi connectivity index (χ2n) is 3.18. The van der Waals surface area contributed by atoms with Gasteiger partial charge in [0.25, 0.3) is 5.56 Å². The van der Waals surface area contributed by atoms with Crippen molar-refractivity contribution in [2.45, 2.75) is 0 Å². The van der Waals surface area contributed by atoms with E-state index < -0.39 is 0 Å². The Morgan fingerprint density at radius 2 is 2.13 bits per heavy atom. The van der Waals surface area contributed by atoms with E-state index >= 15 is 0 Å². The molecule has 0 radical (unpaired) electrons. The number of anilines is 1. The maximum Gasteiger partial charge on any atom is 0.260 e. The van der Waals surface area contributed by atoms with E-state index in [9.17, 15) is 4.79 Å². The molecule has 74 valence electrons. The normalized spacial score (nSPS) is 11.2. The van der Waals surface area contributed by atoms with Gasteiger partial charge in [0.05, 0.1) is 10.9 Å². The van der Waals surface area contributed by atoms with Crippen LogP contribution in [0.15, 0.2) is 29.1 Å². The van der Waals surface area contributed by atoms with Gasteiger partial charge in [0.15, 0.2) is 0 Å². The van der Waals surface area contributed by atoms with Crippen molar-refractivity contribution in [1.29, 1.82) is 0 Å². The Morgan fingerprint density at radius 1 is 1.33 bits per heavy atom. The fraction of sp³-hybridized carbons (Fsp3) is 0. The molecule has 3 N–H and O–H groups in total. The van der Waals surface area contributed by atoms with E-state index in [1.165, 1.54) is 4.52 Å². The molecule has 2 aromatic heterocycles. The lowest BCUT2D eigenvalue weighted by Gasteiger charge is -1.97. The van der Waals surface area contributed by atoms with E-state index in [4.69, 9.17) is 5.73 Å². The number of para-hydroxylation sites is 1. The number of nitrogens with two attached hydrogens (primary N) is 1. The number of nitrogens with one attached hydrogen (secondary N) is 1. The zero-order chi connectivity index (χ0) is 10.4. The van der Waals surface area contributed by atoms with Crippen LogP contribution in [0.2, 0.25) is 0 Å². The molecule has 0 aliphatic rings. The molecule has 0 aliphatic carbocycles. The number of benzene rings is 1. The smallest absolute Gasteiger partial charge is 0.260 e. The average molecular weight is 201 g/mol. The molecule has 0 unspecified atom stereocenters. The Bertz CT molecular complexity index is 711. The number of hydrogen-bond donors (Lipinski definition) is 2. The summed E-state index contributed by atoms with van der Waals surface area (Å²) in [6, 6.07) is 7.15. The molecule has 0 amide bonds. The monoisotopic (exact) mass is 201 g/mol. The van der Waals surface area contributed by atoms with E-state index in [0.29, 0.717) is 16.7 Å². The van der Waals surface area contributed by atoms with Gasteiger partial charge in [0.1, 0.15) is 0 Å². The number of hydrogen-bond acceptors (Lipinski definition) is 4. The van der Waals surface area contributed by atoms with Crippen molar-refractivity contribution >= 4 is 22.6 Å². The SMILES string of the molecule is Nc1nc2[nH]c(=O)c3ccccc3n2n1. The molecule has 0 fully saturated rings. The third kappa shape index (κ3) is 1.01. The summed E-state index contributed by atoms with van der Waals surface area (Å²) >= 11 is 0. The van der Waals surface area contributed by atoms with E-state index in [1.807, 2.05) is 6.07 Å². The molecule has 3 aromatic rings. The van der Waals surface area contributed by atoms with Gasteiger partial charge in [-0.3, -0.25) is 9.78 Å². The van der Waals surface area contributed by atoms with Crippen LogP contribution in [0.1, 0.15) is 0 Å². The van der Waals surface area contributed by atoms with Gasteiger partial charge in [0.2, 0.25) is 11.7 Å². The minimum Gasteiger partial charge on any atom is -0.366 e. The lowest BCUT2D eigenvalue weighted by Crippen LogP contribution is -2.10.